The van der Waals surface area contributed by atoms with Crippen LogP contribution in [0.2, 0.25) is 4.34 Å². The Morgan fingerprint density at radius 3 is 1.71 bits per heavy atom. The SMILES string of the molecule is O=S(=O)(c1ccccc1)c1nc(N(c2ccccc2)c2ccccc2)sc1Cl. The highest BCUT2D eigenvalue weighted by Gasteiger charge is 2.28. The number of halogens is 1. The van der Waals surface area contributed by atoms with Gasteiger partial charge in [-0.05, 0) is 36.4 Å². The maximum absolute atomic E-state index is 13.0. The summed E-state index contributed by atoms with van der Waals surface area (Å²) in [5.41, 5.74) is 1.73. The smallest absolute Gasteiger partial charge is 0.226 e. The third-order valence-corrected chi connectivity index (χ3v) is 7.25. The van der Waals surface area contributed by atoms with E-state index in [-0.39, 0.29) is 14.3 Å². The molecule has 1 heterocycles. The van der Waals surface area contributed by atoms with Crippen LogP contribution < -0.4 is 4.90 Å². The average Bonchev–Trinajstić information content (AvgIpc) is 3.12. The van der Waals surface area contributed by atoms with Crippen LogP contribution in [0.1, 0.15) is 0 Å². The van der Waals surface area contributed by atoms with Gasteiger partial charge in [0.15, 0.2) is 10.2 Å². The Labute approximate surface area is 172 Å². The van der Waals surface area contributed by atoms with Gasteiger partial charge in [0.1, 0.15) is 4.34 Å². The molecule has 4 nitrogen and oxygen atoms in total. The lowest BCUT2D eigenvalue weighted by Crippen LogP contribution is -2.10. The normalized spacial score (nSPS) is 11.3. The van der Waals surface area contributed by atoms with Gasteiger partial charge in [-0.2, -0.15) is 0 Å². The standard InChI is InChI=1S/C21H15ClN2O2S2/c22-19-20(28(25,26)18-14-8-3-9-15-18)23-21(27-19)24(16-10-4-1-5-11-16)17-12-6-2-7-13-17/h1-15H. The molecular weight excluding hydrogens is 412 g/mol. The lowest BCUT2D eigenvalue weighted by molar-refractivity contribution is 0.593. The van der Waals surface area contributed by atoms with Crippen molar-refractivity contribution in [3.63, 3.8) is 0 Å². The minimum Gasteiger partial charge on any atom is -0.286 e. The number of sulfone groups is 1. The minimum absolute atomic E-state index is 0.128. The highest BCUT2D eigenvalue weighted by Crippen LogP contribution is 2.42. The Balaban J connectivity index is 1.85. The highest BCUT2D eigenvalue weighted by atomic mass is 35.5. The number of aromatic nitrogens is 1. The molecule has 0 radical (unpaired) electrons. The summed E-state index contributed by atoms with van der Waals surface area (Å²) in [5, 5.41) is 0.356. The van der Waals surface area contributed by atoms with Crippen LogP contribution in [-0.4, -0.2) is 13.4 Å². The third-order valence-electron chi connectivity index (χ3n) is 4.07. The van der Waals surface area contributed by atoms with Crippen LogP contribution in [0, 0.1) is 0 Å². The molecule has 0 atom stereocenters. The van der Waals surface area contributed by atoms with Crippen LogP contribution in [0.15, 0.2) is 101 Å². The van der Waals surface area contributed by atoms with Crippen LogP contribution in [0.3, 0.4) is 0 Å². The Morgan fingerprint density at radius 1 is 0.750 bits per heavy atom. The number of anilines is 3. The number of thiazole rings is 1. The first-order chi connectivity index (χ1) is 13.6. The topological polar surface area (TPSA) is 50.3 Å². The molecule has 0 fully saturated rings. The van der Waals surface area contributed by atoms with E-state index in [9.17, 15) is 8.42 Å². The van der Waals surface area contributed by atoms with E-state index in [1.165, 1.54) is 12.1 Å². The number of rotatable bonds is 5. The van der Waals surface area contributed by atoms with Gasteiger partial charge in [0.25, 0.3) is 0 Å². The maximum atomic E-state index is 13.0. The molecule has 0 unspecified atom stereocenters. The Kier molecular flexibility index (Phi) is 5.17. The van der Waals surface area contributed by atoms with Crippen LogP contribution in [-0.2, 0) is 9.84 Å². The molecule has 0 aliphatic heterocycles. The molecule has 0 saturated carbocycles. The first kappa shape index (κ1) is 18.7. The summed E-state index contributed by atoms with van der Waals surface area (Å²) in [4.78, 5) is 6.49. The van der Waals surface area contributed by atoms with Crippen LogP contribution in [0.25, 0.3) is 0 Å². The fourth-order valence-electron chi connectivity index (χ4n) is 2.77. The molecule has 4 aromatic rings. The van der Waals surface area contributed by atoms with E-state index >= 15 is 0 Å². The van der Waals surface area contributed by atoms with Crippen molar-refractivity contribution in [2.45, 2.75) is 9.92 Å². The van der Waals surface area contributed by atoms with Crippen molar-refractivity contribution in [2.24, 2.45) is 0 Å². The van der Waals surface area contributed by atoms with Gasteiger partial charge in [-0.15, -0.1) is 0 Å². The van der Waals surface area contributed by atoms with E-state index < -0.39 is 9.84 Å². The molecule has 28 heavy (non-hydrogen) atoms. The fourth-order valence-corrected chi connectivity index (χ4v) is 5.73. The van der Waals surface area contributed by atoms with Gasteiger partial charge in [0.2, 0.25) is 9.84 Å². The molecule has 140 valence electrons. The van der Waals surface area contributed by atoms with Crippen LogP contribution in [0.4, 0.5) is 16.5 Å². The van der Waals surface area contributed by atoms with Crippen molar-refractivity contribution in [2.75, 3.05) is 4.90 Å². The van der Waals surface area contributed by atoms with Gasteiger partial charge in [-0.25, -0.2) is 13.4 Å². The average molecular weight is 427 g/mol. The zero-order chi connectivity index (χ0) is 19.6. The first-order valence-electron chi connectivity index (χ1n) is 8.44. The van der Waals surface area contributed by atoms with Gasteiger partial charge in [-0.3, -0.25) is 4.90 Å². The van der Waals surface area contributed by atoms with Crippen molar-refractivity contribution in [1.82, 2.24) is 4.98 Å². The zero-order valence-corrected chi connectivity index (χ0v) is 17.0. The van der Waals surface area contributed by atoms with Crippen molar-refractivity contribution >= 4 is 49.3 Å². The maximum Gasteiger partial charge on any atom is 0.226 e. The summed E-state index contributed by atoms with van der Waals surface area (Å²) < 4.78 is 26.1. The van der Waals surface area contributed by atoms with E-state index in [2.05, 4.69) is 4.98 Å². The molecule has 0 N–H and O–H groups in total. The van der Waals surface area contributed by atoms with E-state index in [1.54, 1.807) is 18.2 Å². The van der Waals surface area contributed by atoms with E-state index in [0.29, 0.717) is 5.13 Å². The molecule has 0 aliphatic rings. The van der Waals surface area contributed by atoms with E-state index in [4.69, 9.17) is 11.6 Å². The second-order valence-corrected chi connectivity index (χ2v) is 9.34. The van der Waals surface area contributed by atoms with Gasteiger partial charge in [0, 0.05) is 11.4 Å². The quantitative estimate of drug-likeness (QED) is 0.387. The molecule has 0 saturated heterocycles. The van der Waals surface area contributed by atoms with Crippen LogP contribution >= 0.6 is 22.9 Å². The summed E-state index contributed by atoms with van der Waals surface area (Å²) in [6, 6.07) is 27.5. The number of para-hydroxylation sites is 2. The predicted octanol–water partition coefficient (Wildman–Crippen LogP) is 6.10. The molecule has 1 aromatic heterocycles. The summed E-state index contributed by atoms with van der Waals surface area (Å²) in [5.74, 6) is 0. The van der Waals surface area contributed by atoms with Crippen molar-refractivity contribution in [3.05, 3.63) is 95.3 Å². The van der Waals surface area contributed by atoms with Crippen molar-refractivity contribution in [3.8, 4) is 0 Å². The zero-order valence-electron chi connectivity index (χ0n) is 14.6. The molecule has 0 bridgehead atoms. The monoisotopic (exact) mass is 426 g/mol. The number of benzene rings is 3. The highest BCUT2D eigenvalue weighted by molar-refractivity contribution is 7.91. The lowest BCUT2D eigenvalue weighted by Gasteiger charge is -2.22. The molecule has 0 aliphatic carbocycles. The van der Waals surface area contributed by atoms with Crippen molar-refractivity contribution in [1.29, 1.82) is 0 Å². The number of hydrogen-bond donors (Lipinski definition) is 0. The molecule has 0 amide bonds. The van der Waals surface area contributed by atoms with Gasteiger partial charge in [0.05, 0.1) is 4.90 Å². The van der Waals surface area contributed by atoms with Crippen molar-refractivity contribution < 1.29 is 8.42 Å². The summed E-state index contributed by atoms with van der Waals surface area (Å²) in [7, 11) is -3.81. The Bertz CT molecular complexity index is 1140. The molecular formula is C21H15ClN2O2S2. The van der Waals surface area contributed by atoms with E-state index in [0.717, 1.165) is 22.7 Å². The minimum atomic E-state index is -3.81. The number of nitrogens with zero attached hydrogens (tertiary/aromatic N) is 2. The second kappa shape index (κ2) is 7.75. The van der Waals surface area contributed by atoms with Gasteiger partial charge < -0.3 is 0 Å². The lowest BCUT2D eigenvalue weighted by atomic mass is 10.2. The largest absolute Gasteiger partial charge is 0.286 e. The Morgan fingerprint density at radius 2 is 1.21 bits per heavy atom. The fraction of sp³-hybridized carbons (Fsp3) is 0. The second-order valence-electron chi connectivity index (χ2n) is 5.90. The molecule has 4 rings (SSSR count). The van der Waals surface area contributed by atoms with Gasteiger partial charge in [-0.1, -0.05) is 77.5 Å². The summed E-state index contributed by atoms with van der Waals surface area (Å²) >= 11 is 7.48. The Hall–Kier alpha value is -2.67. The summed E-state index contributed by atoms with van der Waals surface area (Å²) in [6.45, 7) is 0. The first-order valence-corrected chi connectivity index (χ1v) is 11.1. The predicted molar refractivity (Wildman–Crippen MR) is 114 cm³/mol. The third kappa shape index (κ3) is 3.54. The number of hydrogen-bond acceptors (Lipinski definition) is 5. The van der Waals surface area contributed by atoms with Crippen LogP contribution in [0.5, 0.6) is 0 Å². The molecule has 3 aromatic carbocycles. The molecule has 7 heteroatoms. The molecule has 0 spiro atoms. The van der Waals surface area contributed by atoms with Gasteiger partial charge >= 0.3 is 0 Å². The van der Waals surface area contributed by atoms with E-state index in [1.807, 2.05) is 65.6 Å². The summed E-state index contributed by atoms with van der Waals surface area (Å²) in [6.07, 6.45) is 0.